The largest absolute Gasteiger partial charge is 0.497 e. The fourth-order valence-corrected chi connectivity index (χ4v) is 2.13. The SMILES string of the molecule is COc1ccc(C(=O)O)c(SC(C)CO)c1. The molecule has 0 saturated carbocycles. The Balaban J connectivity index is 3.05. The summed E-state index contributed by atoms with van der Waals surface area (Å²) >= 11 is 1.32. The lowest BCUT2D eigenvalue weighted by atomic mass is 10.2. The molecule has 0 heterocycles. The van der Waals surface area contributed by atoms with Crippen molar-refractivity contribution in [2.45, 2.75) is 17.1 Å². The normalized spacial score (nSPS) is 12.2. The summed E-state index contributed by atoms with van der Waals surface area (Å²) in [6.45, 7) is 1.83. The van der Waals surface area contributed by atoms with E-state index in [1.165, 1.54) is 24.9 Å². The van der Waals surface area contributed by atoms with Crippen molar-refractivity contribution in [1.82, 2.24) is 0 Å². The molecule has 0 fully saturated rings. The van der Waals surface area contributed by atoms with E-state index in [2.05, 4.69) is 0 Å². The van der Waals surface area contributed by atoms with Crippen LogP contribution in [0.1, 0.15) is 17.3 Å². The molecular formula is C11H14O4S. The Labute approximate surface area is 98.2 Å². The molecule has 16 heavy (non-hydrogen) atoms. The van der Waals surface area contributed by atoms with Gasteiger partial charge in [0.25, 0.3) is 0 Å². The number of rotatable bonds is 5. The minimum atomic E-state index is -0.977. The van der Waals surface area contributed by atoms with Gasteiger partial charge < -0.3 is 14.9 Å². The number of methoxy groups -OCH3 is 1. The molecule has 88 valence electrons. The molecular weight excluding hydrogens is 228 g/mol. The molecule has 0 aromatic heterocycles. The number of aliphatic hydroxyl groups excluding tert-OH is 1. The number of carboxylic acid groups (broad SMARTS) is 1. The van der Waals surface area contributed by atoms with Gasteiger partial charge in [-0.3, -0.25) is 0 Å². The monoisotopic (exact) mass is 242 g/mol. The molecule has 1 unspecified atom stereocenters. The van der Waals surface area contributed by atoms with Gasteiger partial charge in [-0.2, -0.15) is 0 Å². The van der Waals surface area contributed by atoms with Crippen LogP contribution in [-0.4, -0.2) is 35.1 Å². The maximum absolute atomic E-state index is 11.0. The van der Waals surface area contributed by atoms with Gasteiger partial charge in [-0.1, -0.05) is 6.92 Å². The molecule has 0 bridgehead atoms. The summed E-state index contributed by atoms with van der Waals surface area (Å²) in [5.41, 5.74) is 0.228. The van der Waals surface area contributed by atoms with Crippen LogP contribution in [-0.2, 0) is 0 Å². The van der Waals surface area contributed by atoms with E-state index in [4.69, 9.17) is 14.9 Å². The highest BCUT2D eigenvalue weighted by molar-refractivity contribution is 8.00. The van der Waals surface area contributed by atoms with Gasteiger partial charge in [0, 0.05) is 10.1 Å². The molecule has 1 aromatic carbocycles. The second-order valence-electron chi connectivity index (χ2n) is 3.28. The average Bonchev–Trinajstić information content (AvgIpc) is 2.28. The molecule has 4 nitrogen and oxygen atoms in total. The number of carboxylic acids is 1. The van der Waals surface area contributed by atoms with Crippen molar-refractivity contribution in [2.24, 2.45) is 0 Å². The summed E-state index contributed by atoms with van der Waals surface area (Å²) in [5.74, 6) is -0.368. The van der Waals surface area contributed by atoms with Gasteiger partial charge in [-0.25, -0.2) is 4.79 Å². The third-order valence-electron chi connectivity index (χ3n) is 2.00. The molecule has 0 spiro atoms. The van der Waals surface area contributed by atoms with Crippen molar-refractivity contribution in [3.05, 3.63) is 23.8 Å². The van der Waals surface area contributed by atoms with Crippen LogP contribution >= 0.6 is 11.8 Å². The van der Waals surface area contributed by atoms with E-state index >= 15 is 0 Å². The van der Waals surface area contributed by atoms with Crippen LogP contribution in [0.5, 0.6) is 5.75 Å². The average molecular weight is 242 g/mol. The Morgan fingerprint density at radius 2 is 2.25 bits per heavy atom. The maximum Gasteiger partial charge on any atom is 0.336 e. The summed E-state index contributed by atoms with van der Waals surface area (Å²) in [7, 11) is 1.53. The molecule has 0 amide bonds. The first-order chi connectivity index (χ1) is 7.58. The zero-order valence-electron chi connectivity index (χ0n) is 9.14. The number of ether oxygens (including phenoxy) is 1. The van der Waals surface area contributed by atoms with E-state index < -0.39 is 5.97 Å². The minimum absolute atomic E-state index is 0.000928. The van der Waals surface area contributed by atoms with Crippen LogP contribution < -0.4 is 4.74 Å². The molecule has 0 radical (unpaired) electrons. The summed E-state index contributed by atoms with van der Waals surface area (Å²) in [6.07, 6.45) is 0. The van der Waals surface area contributed by atoms with Crippen LogP contribution in [0.2, 0.25) is 0 Å². The molecule has 1 aromatic rings. The smallest absolute Gasteiger partial charge is 0.336 e. The molecule has 0 aliphatic heterocycles. The first kappa shape index (κ1) is 12.9. The Bertz CT molecular complexity index is 378. The standard InChI is InChI=1S/C11H14O4S/c1-7(6-12)16-10-5-8(15-2)3-4-9(10)11(13)14/h3-5,7,12H,6H2,1-2H3,(H,13,14). The fraction of sp³-hybridized carbons (Fsp3) is 0.364. The van der Waals surface area contributed by atoms with Gasteiger partial charge in [0.2, 0.25) is 0 Å². The summed E-state index contributed by atoms with van der Waals surface area (Å²) in [6, 6.07) is 4.78. The van der Waals surface area contributed by atoms with E-state index in [0.29, 0.717) is 10.6 Å². The number of aromatic carboxylic acids is 1. The van der Waals surface area contributed by atoms with Gasteiger partial charge >= 0.3 is 5.97 Å². The molecule has 1 rings (SSSR count). The number of hydrogen-bond donors (Lipinski definition) is 2. The van der Waals surface area contributed by atoms with Gasteiger partial charge in [0.15, 0.2) is 0 Å². The summed E-state index contributed by atoms with van der Waals surface area (Å²) < 4.78 is 5.04. The molecule has 5 heteroatoms. The summed E-state index contributed by atoms with van der Waals surface area (Å²) in [5, 5.41) is 17.9. The molecule has 2 N–H and O–H groups in total. The van der Waals surface area contributed by atoms with E-state index in [-0.39, 0.29) is 17.4 Å². The third-order valence-corrected chi connectivity index (χ3v) is 3.15. The van der Waals surface area contributed by atoms with Gasteiger partial charge in [0.1, 0.15) is 5.75 Å². The first-order valence-corrected chi connectivity index (χ1v) is 5.65. The molecule has 0 aliphatic carbocycles. The van der Waals surface area contributed by atoms with Crippen molar-refractivity contribution in [2.75, 3.05) is 13.7 Å². The highest BCUT2D eigenvalue weighted by atomic mass is 32.2. The van der Waals surface area contributed by atoms with Crippen LogP contribution in [0.3, 0.4) is 0 Å². The summed E-state index contributed by atoms with van der Waals surface area (Å²) in [4.78, 5) is 11.6. The lowest BCUT2D eigenvalue weighted by molar-refractivity contribution is 0.0693. The van der Waals surface area contributed by atoms with Gasteiger partial charge in [-0.05, 0) is 18.2 Å². The second kappa shape index (κ2) is 5.77. The van der Waals surface area contributed by atoms with Crippen LogP contribution in [0.25, 0.3) is 0 Å². The lowest BCUT2D eigenvalue weighted by Crippen LogP contribution is -2.05. The number of thioether (sulfide) groups is 1. The minimum Gasteiger partial charge on any atom is -0.497 e. The Morgan fingerprint density at radius 1 is 1.56 bits per heavy atom. The van der Waals surface area contributed by atoms with Crippen molar-refractivity contribution >= 4 is 17.7 Å². The van der Waals surface area contributed by atoms with E-state index in [1.54, 1.807) is 12.1 Å². The van der Waals surface area contributed by atoms with Crippen molar-refractivity contribution in [3.63, 3.8) is 0 Å². The Morgan fingerprint density at radius 3 is 2.75 bits per heavy atom. The van der Waals surface area contributed by atoms with Gasteiger partial charge in [-0.15, -0.1) is 11.8 Å². The Hall–Kier alpha value is -1.20. The zero-order valence-corrected chi connectivity index (χ0v) is 9.95. The number of carbonyl (C=O) groups is 1. The predicted molar refractivity (Wildman–Crippen MR) is 62.4 cm³/mol. The van der Waals surface area contributed by atoms with Gasteiger partial charge in [0.05, 0.1) is 19.3 Å². The van der Waals surface area contributed by atoms with E-state index in [1.807, 2.05) is 6.92 Å². The topological polar surface area (TPSA) is 66.8 Å². The molecule has 0 saturated heterocycles. The van der Waals surface area contributed by atoms with Crippen molar-refractivity contribution < 1.29 is 19.7 Å². The van der Waals surface area contributed by atoms with Crippen LogP contribution in [0, 0.1) is 0 Å². The lowest BCUT2D eigenvalue weighted by Gasteiger charge is -2.11. The predicted octanol–water partition coefficient (Wildman–Crippen LogP) is 1.87. The van der Waals surface area contributed by atoms with Crippen molar-refractivity contribution in [1.29, 1.82) is 0 Å². The van der Waals surface area contributed by atoms with E-state index in [0.717, 1.165) is 0 Å². The molecule has 0 aliphatic rings. The quantitative estimate of drug-likeness (QED) is 0.771. The molecule has 1 atom stereocenters. The van der Waals surface area contributed by atoms with Crippen LogP contribution in [0.15, 0.2) is 23.1 Å². The number of benzene rings is 1. The fourth-order valence-electron chi connectivity index (χ4n) is 1.16. The van der Waals surface area contributed by atoms with E-state index in [9.17, 15) is 4.79 Å². The number of aliphatic hydroxyl groups is 1. The second-order valence-corrected chi connectivity index (χ2v) is 4.76. The first-order valence-electron chi connectivity index (χ1n) is 4.77. The van der Waals surface area contributed by atoms with Crippen LogP contribution in [0.4, 0.5) is 0 Å². The highest BCUT2D eigenvalue weighted by Crippen LogP contribution is 2.30. The Kier molecular flexibility index (Phi) is 4.64. The number of hydrogen-bond acceptors (Lipinski definition) is 4. The third kappa shape index (κ3) is 3.15. The van der Waals surface area contributed by atoms with Crippen molar-refractivity contribution in [3.8, 4) is 5.75 Å². The maximum atomic E-state index is 11.0. The zero-order chi connectivity index (χ0) is 12.1. The highest BCUT2D eigenvalue weighted by Gasteiger charge is 2.14.